The van der Waals surface area contributed by atoms with Gasteiger partial charge in [0.15, 0.2) is 5.82 Å². The molecule has 0 aromatic carbocycles. The van der Waals surface area contributed by atoms with Crippen molar-refractivity contribution in [2.75, 3.05) is 0 Å². The molecule has 15 heavy (non-hydrogen) atoms. The first kappa shape index (κ1) is 8.28. The molecule has 80 valence electrons. The van der Waals surface area contributed by atoms with Crippen LogP contribution in [-0.2, 0) is 0 Å². The van der Waals surface area contributed by atoms with Crippen molar-refractivity contribution in [1.82, 2.24) is 20.5 Å². The van der Waals surface area contributed by atoms with E-state index in [0.717, 1.165) is 17.7 Å². The molecule has 1 aromatic heterocycles. The second-order valence-corrected chi connectivity index (χ2v) is 5.24. The third-order valence-electron chi connectivity index (χ3n) is 4.11. The van der Waals surface area contributed by atoms with Crippen LogP contribution in [-0.4, -0.2) is 27.3 Å². The minimum Gasteiger partial charge on any atom is -0.310 e. The molecule has 1 saturated carbocycles. The molecule has 3 unspecified atom stereocenters. The zero-order valence-corrected chi connectivity index (χ0v) is 8.74. The Morgan fingerprint density at radius 3 is 2.73 bits per heavy atom. The first-order chi connectivity index (χ1) is 7.40. The fourth-order valence-corrected chi connectivity index (χ4v) is 3.10. The number of nitrogens with zero attached hydrogens (tertiary/aromatic N) is 2. The van der Waals surface area contributed by atoms with Crippen LogP contribution in [0.3, 0.4) is 0 Å². The fraction of sp³-hybridized carbons (Fsp3) is 0.818. The van der Waals surface area contributed by atoms with E-state index < -0.39 is 0 Å². The summed E-state index contributed by atoms with van der Waals surface area (Å²) >= 11 is 0. The molecule has 0 spiro atoms. The van der Waals surface area contributed by atoms with Gasteiger partial charge in [0.05, 0.1) is 0 Å². The average molecular weight is 204 g/mol. The van der Waals surface area contributed by atoms with Gasteiger partial charge >= 0.3 is 0 Å². The van der Waals surface area contributed by atoms with Crippen LogP contribution in [0.4, 0.5) is 0 Å². The van der Waals surface area contributed by atoms with E-state index in [2.05, 4.69) is 20.5 Å². The Bertz CT molecular complexity index is 382. The van der Waals surface area contributed by atoms with E-state index in [1.165, 1.54) is 32.1 Å². The van der Waals surface area contributed by atoms with Gasteiger partial charge in [-0.3, -0.25) is 5.10 Å². The summed E-state index contributed by atoms with van der Waals surface area (Å²) in [6.45, 7) is 0. The molecule has 2 saturated heterocycles. The Morgan fingerprint density at radius 2 is 2.07 bits per heavy atom. The van der Waals surface area contributed by atoms with Crippen molar-refractivity contribution in [2.45, 2.75) is 56.0 Å². The molecule has 2 aliphatic heterocycles. The summed E-state index contributed by atoms with van der Waals surface area (Å²) in [7, 11) is 0. The van der Waals surface area contributed by atoms with Gasteiger partial charge in [0.1, 0.15) is 5.82 Å². The van der Waals surface area contributed by atoms with E-state index in [-0.39, 0.29) is 0 Å². The molecular formula is C11H16N4. The van der Waals surface area contributed by atoms with Crippen molar-refractivity contribution in [1.29, 1.82) is 0 Å². The fourth-order valence-electron chi connectivity index (χ4n) is 3.10. The van der Waals surface area contributed by atoms with Crippen molar-refractivity contribution in [3.05, 3.63) is 11.6 Å². The summed E-state index contributed by atoms with van der Waals surface area (Å²) in [5.41, 5.74) is 0. The largest absolute Gasteiger partial charge is 0.310 e. The van der Waals surface area contributed by atoms with Crippen molar-refractivity contribution in [3.63, 3.8) is 0 Å². The van der Waals surface area contributed by atoms with Gasteiger partial charge in [0.25, 0.3) is 0 Å². The number of H-pyrrole nitrogens is 1. The Kier molecular flexibility index (Phi) is 1.55. The second kappa shape index (κ2) is 2.82. The highest BCUT2D eigenvalue weighted by Crippen LogP contribution is 2.41. The Labute approximate surface area is 88.9 Å². The van der Waals surface area contributed by atoms with E-state index in [1.807, 2.05) is 0 Å². The van der Waals surface area contributed by atoms with Crippen LogP contribution in [0, 0.1) is 0 Å². The zero-order chi connectivity index (χ0) is 9.83. The number of rotatable bonds is 2. The summed E-state index contributed by atoms with van der Waals surface area (Å²) in [6.07, 6.45) is 6.49. The van der Waals surface area contributed by atoms with Crippen LogP contribution in [0.2, 0.25) is 0 Å². The van der Waals surface area contributed by atoms with E-state index in [1.54, 1.807) is 0 Å². The van der Waals surface area contributed by atoms with E-state index >= 15 is 0 Å². The van der Waals surface area contributed by atoms with Crippen molar-refractivity contribution >= 4 is 0 Å². The van der Waals surface area contributed by atoms with E-state index in [9.17, 15) is 0 Å². The predicted octanol–water partition coefficient (Wildman–Crippen LogP) is 1.29. The molecule has 4 heteroatoms. The summed E-state index contributed by atoms with van der Waals surface area (Å²) in [5.74, 6) is 3.47. The molecular weight excluding hydrogens is 188 g/mol. The van der Waals surface area contributed by atoms with E-state index in [4.69, 9.17) is 0 Å². The maximum absolute atomic E-state index is 4.67. The maximum Gasteiger partial charge on any atom is 0.153 e. The van der Waals surface area contributed by atoms with Crippen LogP contribution in [0.25, 0.3) is 0 Å². The molecule has 3 fully saturated rings. The first-order valence-corrected chi connectivity index (χ1v) is 6.08. The first-order valence-electron chi connectivity index (χ1n) is 6.08. The van der Waals surface area contributed by atoms with Crippen LogP contribution in [0.15, 0.2) is 0 Å². The predicted molar refractivity (Wildman–Crippen MR) is 55.7 cm³/mol. The Balaban J connectivity index is 1.60. The van der Waals surface area contributed by atoms with Crippen molar-refractivity contribution < 1.29 is 0 Å². The highest BCUT2D eigenvalue weighted by Gasteiger charge is 2.41. The SMILES string of the molecule is C1CC2NC1CC2c1nc(C2CC2)n[nH]1. The maximum atomic E-state index is 4.67. The normalized spacial score (nSPS) is 38.8. The molecule has 4 nitrogen and oxygen atoms in total. The highest BCUT2D eigenvalue weighted by atomic mass is 15.2. The molecule has 1 aliphatic carbocycles. The molecule has 2 N–H and O–H groups in total. The van der Waals surface area contributed by atoms with E-state index in [0.29, 0.717) is 17.9 Å². The van der Waals surface area contributed by atoms with Gasteiger partial charge in [-0.2, -0.15) is 5.10 Å². The van der Waals surface area contributed by atoms with Crippen LogP contribution in [0.5, 0.6) is 0 Å². The zero-order valence-electron chi connectivity index (χ0n) is 8.74. The number of fused-ring (bicyclic) bond motifs is 2. The summed E-state index contributed by atoms with van der Waals surface area (Å²) < 4.78 is 0. The van der Waals surface area contributed by atoms with Gasteiger partial charge in [-0.15, -0.1) is 0 Å². The van der Waals surface area contributed by atoms with Gasteiger partial charge in [0.2, 0.25) is 0 Å². The second-order valence-electron chi connectivity index (χ2n) is 5.24. The molecule has 2 bridgehead atoms. The lowest BCUT2D eigenvalue weighted by molar-refractivity contribution is 0.488. The highest BCUT2D eigenvalue weighted by molar-refractivity contribution is 5.14. The van der Waals surface area contributed by atoms with Crippen LogP contribution >= 0.6 is 0 Å². The van der Waals surface area contributed by atoms with Gasteiger partial charge in [0, 0.05) is 23.9 Å². The number of hydrogen-bond acceptors (Lipinski definition) is 3. The minimum atomic E-state index is 0.601. The summed E-state index contributed by atoms with van der Waals surface area (Å²) in [5, 5.41) is 11.1. The number of hydrogen-bond donors (Lipinski definition) is 2. The molecule has 4 rings (SSSR count). The standard InChI is InChI=1S/C11H16N4/c1-2-6(1)10-13-11(15-14-10)8-5-7-3-4-9(8)12-7/h6-9,12H,1-5H2,(H,13,14,15). The molecule has 1 aromatic rings. The quantitative estimate of drug-likeness (QED) is 0.763. The lowest BCUT2D eigenvalue weighted by Crippen LogP contribution is -2.22. The Morgan fingerprint density at radius 1 is 1.13 bits per heavy atom. The lowest BCUT2D eigenvalue weighted by Gasteiger charge is -2.16. The smallest absolute Gasteiger partial charge is 0.153 e. The Hall–Kier alpha value is -0.900. The number of aromatic nitrogens is 3. The van der Waals surface area contributed by atoms with Gasteiger partial charge < -0.3 is 5.32 Å². The monoisotopic (exact) mass is 204 g/mol. The molecule has 3 atom stereocenters. The average Bonchev–Trinajstić information content (AvgIpc) is 2.74. The third kappa shape index (κ3) is 1.24. The molecule has 3 heterocycles. The summed E-state index contributed by atoms with van der Waals surface area (Å²) in [6, 6.07) is 1.41. The lowest BCUT2D eigenvalue weighted by atomic mass is 9.89. The van der Waals surface area contributed by atoms with Gasteiger partial charge in [-0.05, 0) is 32.1 Å². The minimum absolute atomic E-state index is 0.601. The molecule has 0 amide bonds. The van der Waals surface area contributed by atoms with Crippen molar-refractivity contribution in [3.8, 4) is 0 Å². The number of aromatic amines is 1. The van der Waals surface area contributed by atoms with Crippen LogP contribution < -0.4 is 5.32 Å². The van der Waals surface area contributed by atoms with Gasteiger partial charge in [-0.25, -0.2) is 4.98 Å². The van der Waals surface area contributed by atoms with Gasteiger partial charge in [-0.1, -0.05) is 0 Å². The number of nitrogens with one attached hydrogen (secondary N) is 2. The van der Waals surface area contributed by atoms with Crippen LogP contribution in [0.1, 0.15) is 55.6 Å². The van der Waals surface area contributed by atoms with Crippen molar-refractivity contribution in [2.24, 2.45) is 0 Å². The summed E-state index contributed by atoms with van der Waals surface area (Å²) in [4.78, 5) is 4.67. The molecule has 0 radical (unpaired) electrons. The third-order valence-corrected chi connectivity index (χ3v) is 4.11. The topological polar surface area (TPSA) is 53.6 Å². The molecule has 3 aliphatic rings.